The van der Waals surface area contributed by atoms with Gasteiger partial charge >= 0.3 is 0 Å². The summed E-state index contributed by atoms with van der Waals surface area (Å²) < 4.78 is 0. The Morgan fingerprint density at radius 2 is 1.94 bits per heavy atom. The highest BCUT2D eigenvalue weighted by molar-refractivity contribution is 5.57. The molecule has 0 amide bonds. The normalized spacial score (nSPS) is 22.8. The van der Waals surface area contributed by atoms with E-state index in [4.69, 9.17) is 0 Å². The van der Waals surface area contributed by atoms with Crippen LogP contribution in [0.2, 0.25) is 0 Å². The van der Waals surface area contributed by atoms with Crippen LogP contribution in [0.15, 0.2) is 12.1 Å². The summed E-state index contributed by atoms with van der Waals surface area (Å²) >= 11 is 0. The van der Waals surface area contributed by atoms with Crippen LogP contribution in [0.4, 0.5) is 5.69 Å². The van der Waals surface area contributed by atoms with E-state index in [-0.39, 0.29) is 0 Å². The summed E-state index contributed by atoms with van der Waals surface area (Å²) in [6.07, 6.45) is 5.12. The fourth-order valence-corrected chi connectivity index (χ4v) is 3.00. The molecule has 100 valence electrons. The number of hydrogen-bond acceptors (Lipinski definition) is 2. The molecule has 0 saturated heterocycles. The first-order valence-electron chi connectivity index (χ1n) is 6.94. The van der Waals surface area contributed by atoms with Crippen molar-refractivity contribution in [3.05, 3.63) is 23.3 Å². The SMILES string of the molecule is Cc1cc(NC2CCCC(C)(C)C2)c(C)cc1O. The molecule has 1 aliphatic rings. The maximum Gasteiger partial charge on any atom is 0.118 e. The van der Waals surface area contributed by atoms with E-state index in [0.29, 0.717) is 17.2 Å². The first-order chi connectivity index (χ1) is 8.37. The lowest BCUT2D eigenvalue weighted by atomic mass is 9.75. The van der Waals surface area contributed by atoms with E-state index < -0.39 is 0 Å². The standard InChI is InChI=1S/C16H25NO/c1-11-9-15(18)12(2)8-14(11)17-13-6-5-7-16(3,4)10-13/h8-9,13,17-18H,5-7,10H2,1-4H3. The van der Waals surface area contributed by atoms with Crippen LogP contribution < -0.4 is 5.32 Å². The molecule has 1 aromatic rings. The number of nitrogens with one attached hydrogen (secondary N) is 1. The molecule has 0 bridgehead atoms. The van der Waals surface area contributed by atoms with Crippen molar-refractivity contribution in [2.75, 3.05) is 5.32 Å². The maximum atomic E-state index is 9.69. The highest BCUT2D eigenvalue weighted by Gasteiger charge is 2.28. The summed E-state index contributed by atoms with van der Waals surface area (Å²) in [6.45, 7) is 8.71. The molecule has 1 fully saturated rings. The molecule has 2 N–H and O–H groups in total. The first kappa shape index (κ1) is 13.3. The minimum atomic E-state index is 0.391. The third-order valence-corrected chi connectivity index (χ3v) is 4.11. The van der Waals surface area contributed by atoms with Crippen molar-refractivity contribution in [2.45, 2.75) is 59.4 Å². The predicted octanol–water partition coefficient (Wildman–Crippen LogP) is 4.39. The number of benzene rings is 1. The van der Waals surface area contributed by atoms with E-state index in [1.807, 2.05) is 13.0 Å². The van der Waals surface area contributed by atoms with Crippen LogP contribution >= 0.6 is 0 Å². The van der Waals surface area contributed by atoms with Crippen LogP contribution in [-0.2, 0) is 0 Å². The Labute approximate surface area is 110 Å². The van der Waals surface area contributed by atoms with Crippen molar-refractivity contribution >= 4 is 5.69 Å². The van der Waals surface area contributed by atoms with Gasteiger partial charge in [-0.2, -0.15) is 0 Å². The van der Waals surface area contributed by atoms with E-state index in [2.05, 4.69) is 32.2 Å². The summed E-state index contributed by atoms with van der Waals surface area (Å²) in [7, 11) is 0. The second-order valence-electron chi connectivity index (χ2n) is 6.56. The van der Waals surface area contributed by atoms with Crippen molar-refractivity contribution in [3.8, 4) is 5.75 Å². The van der Waals surface area contributed by atoms with Gasteiger partial charge in [0.1, 0.15) is 5.75 Å². The average Bonchev–Trinajstić information content (AvgIpc) is 2.24. The van der Waals surface area contributed by atoms with Crippen LogP contribution in [0.5, 0.6) is 5.75 Å². The van der Waals surface area contributed by atoms with Gasteiger partial charge in [-0.25, -0.2) is 0 Å². The van der Waals surface area contributed by atoms with Gasteiger partial charge in [0.15, 0.2) is 0 Å². The number of phenolic OH excluding ortho intramolecular Hbond substituents is 1. The number of rotatable bonds is 2. The molecule has 2 heteroatoms. The van der Waals surface area contributed by atoms with E-state index in [0.717, 1.165) is 11.1 Å². The fourth-order valence-electron chi connectivity index (χ4n) is 3.00. The Bertz CT molecular complexity index is 437. The molecule has 1 aliphatic carbocycles. The van der Waals surface area contributed by atoms with Crippen LogP contribution in [0, 0.1) is 19.3 Å². The van der Waals surface area contributed by atoms with E-state index >= 15 is 0 Å². The molecule has 0 aromatic heterocycles. The van der Waals surface area contributed by atoms with Crippen molar-refractivity contribution < 1.29 is 5.11 Å². The second-order valence-corrected chi connectivity index (χ2v) is 6.56. The topological polar surface area (TPSA) is 32.3 Å². The summed E-state index contributed by atoms with van der Waals surface area (Å²) in [4.78, 5) is 0. The molecule has 0 heterocycles. The van der Waals surface area contributed by atoms with Crippen molar-refractivity contribution in [2.24, 2.45) is 5.41 Å². The average molecular weight is 247 g/mol. The zero-order valence-corrected chi connectivity index (χ0v) is 12.0. The predicted molar refractivity (Wildman–Crippen MR) is 77.2 cm³/mol. The minimum Gasteiger partial charge on any atom is -0.508 e. The molecule has 2 rings (SSSR count). The molecule has 1 aromatic carbocycles. The monoisotopic (exact) mass is 247 g/mol. The largest absolute Gasteiger partial charge is 0.508 e. The molecule has 1 saturated carbocycles. The third kappa shape index (κ3) is 2.98. The van der Waals surface area contributed by atoms with E-state index in [1.54, 1.807) is 0 Å². The summed E-state index contributed by atoms with van der Waals surface area (Å²) in [6, 6.07) is 4.48. The summed E-state index contributed by atoms with van der Waals surface area (Å²) in [5, 5.41) is 13.3. The lowest BCUT2D eigenvalue weighted by molar-refractivity contribution is 0.229. The van der Waals surface area contributed by atoms with Gasteiger partial charge in [0.05, 0.1) is 0 Å². The minimum absolute atomic E-state index is 0.391. The van der Waals surface area contributed by atoms with Gasteiger partial charge in [0.25, 0.3) is 0 Å². The molecule has 0 radical (unpaired) electrons. The number of anilines is 1. The lowest BCUT2D eigenvalue weighted by Crippen LogP contribution is -2.31. The molecule has 1 unspecified atom stereocenters. The third-order valence-electron chi connectivity index (χ3n) is 4.11. The Hall–Kier alpha value is -1.18. The maximum absolute atomic E-state index is 9.69. The molecule has 0 spiro atoms. The van der Waals surface area contributed by atoms with Crippen molar-refractivity contribution in [1.29, 1.82) is 0 Å². The molecule has 2 nitrogen and oxygen atoms in total. The van der Waals surface area contributed by atoms with Gasteiger partial charge in [0.2, 0.25) is 0 Å². The van der Waals surface area contributed by atoms with Gasteiger partial charge in [0, 0.05) is 11.7 Å². The van der Waals surface area contributed by atoms with Gasteiger partial charge < -0.3 is 10.4 Å². The van der Waals surface area contributed by atoms with Crippen LogP contribution in [-0.4, -0.2) is 11.1 Å². The molecule has 1 atom stereocenters. The van der Waals surface area contributed by atoms with Crippen LogP contribution in [0.25, 0.3) is 0 Å². The van der Waals surface area contributed by atoms with Gasteiger partial charge in [-0.15, -0.1) is 0 Å². The summed E-state index contributed by atoms with van der Waals surface area (Å²) in [5.41, 5.74) is 3.70. The molecule has 0 aliphatic heterocycles. The Morgan fingerprint density at radius 3 is 2.61 bits per heavy atom. The number of aryl methyl sites for hydroxylation is 2. The molecular formula is C16H25NO. The Kier molecular flexibility index (Phi) is 3.56. The van der Waals surface area contributed by atoms with Crippen LogP contribution in [0.3, 0.4) is 0 Å². The van der Waals surface area contributed by atoms with Gasteiger partial charge in [-0.05, 0) is 61.8 Å². The number of aromatic hydroxyl groups is 1. The lowest BCUT2D eigenvalue weighted by Gasteiger charge is -2.36. The van der Waals surface area contributed by atoms with Gasteiger partial charge in [-0.1, -0.05) is 20.3 Å². The highest BCUT2D eigenvalue weighted by atomic mass is 16.3. The second kappa shape index (κ2) is 4.83. The first-order valence-corrected chi connectivity index (χ1v) is 6.94. The zero-order chi connectivity index (χ0) is 13.3. The fraction of sp³-hybridized carbons (Fsp3) is 0.625. The van der Waals surface area contributed by atoms with E-state index in [9.17, 15) is 5.11 Å². The highest BCUT2D eigenvalue weighted by Crippen LogP contribution is 2.37. The number of hydrogen-bond donors (Lipinski definition) is 2. The van der Waals surface area contributed by atoms with Crippen molar-refractivity contribution in [1.82, 2.24) is 0 Å². The number of phenols is 1. The molecular weight excluding hydrogens is 222 g/mol. The van der Waals surface area contributed by atoms with E-state index in [1.165, 1.54) is 31.4 Å². The Balaban J connectivity index is 2.12. The Morgan fingerprint density at radius 1 is 1.22 bits per heavy atom. The van der Waals surface area contributed by atoms with Crippen LogP contribution in [0.1, 0.15) is 50.7 Å². The smallest absolute Gasteiger partial charge is 0.118 e. The molecule has 18 heavy (non-hydrogen) atoms. The van der Waals surface area contributed by atoms with Gasteiger partial charge in [-0.3, -0.25) is 0 Å². The summed E-state index contributed by atoms with van der Waals surface area (Å²) in [5.74, 6) is 0.391. The zero-order valence-electron chi connectivity index (χ0n) is 12.0. The van der Waals surface area contributed by atoms with Crippen molar-refractivity contribution in [3.63, 3.8) is 0 Å². The quantitative estimate of drug-likeness (QED) is 0.760.